The molecule has 2 atom stereocenters. The quantitative estimate of drug-likeness (QED) is 0.906. The number of carbonyl (C=O) groups excluding carboxylic acids is 1. The van der Waals surface area contributed by atoms with Crippen molar-refractivity contribution in [2.24, 2.45) is 11.8 Å². The van der Waals surface area contributed by atoms with Gasteiger partial charge in [0.05, 0.1) is 0 Å². The number of aryl methyl sites for hydroxylation is 1. The molecule has 0 bridgehead atoms. The average Bonchev–Trinajstić information content (AvgIpc) is 3.38. The summed E-state index contributed by atoms with van der Waals surface area (Å²) < 4.78 is 0. The lowest BCUT2D eigenvalue weighted by molar-refractivity contribution is -0.134. The molecule has 1 amide bonds. The van der Waals surface area contributed by atoms with Crippen molar-refractivity contribution in [3.05, 3.63) is 35.4 Å². The highest BCUT2D eigenvalue weighted by atomic mass is 16.2. The molecule has 2 aliphatic rings. The van der Waals surface area contributed by atoms with Crippen LogP contribution in [0.4, 0.5) is 0 Å². The number of hydrogen-bond donors (Lipinski definition) is 1. The molecule has 0 spiro atoms. The summed E-state index contributed by atoms with van der Waals surface area (Å²) in [5, 5.41) is 3.69. The molecule has 120 valence electrons. The van der Waals surface area contributed by atoms with Crippen molar-refractivity contribution in [1.82, 2.24) is 10.2 Å². The van der Waals surface area contributed by atoms with Gasteiger partial charge < -0.3 is 10.2 Å². The van der Waals surface area contributed by atoms with Gasteiger partial charge in [-0.1, -0.05) is 38.1 Å². The fourth-order valence-corrected chi connectivity index (χ4v) is 3.38. The van der Waals surface area contributed by atoms with E-state index < -0.39 is 0 Å². The second-order valence-electron chi connectivity index (χ2n) is 6.98. The highest BCUT2D eigenvalue weighted by molar-refractivity contribution is 5.81. The van der Waals surface area contributed by atoms with E-state index in [9.17, 15) is 4.79 Å². The van der Waals surface area contributed by atoms with Crippen LogP contribution in [0.25, 0.3) is 0 Å². The third-order valence-corrected chi connectivity index (χ3v) is 5.14. The fraction of sp³-hybridized carbons (Fsp3) is 0.632. The molecular weight excluding hydrogens is 272 g/mol. The third-order valence-electron chi connectivity index (χ3n) is 5.14. The standard InChI is InChI=1S/C19H28N2O/c1-3-15-4-6-16(7-5-15)12-20-18-10-11-21(13-14(18)2)19(22)17-8-9-17/h4-7,14,17-18,20H,3,8-13H2,1-2H3/t14-,18+/m1/s1. The number of piperidine rings is 1. The molecule has 3 nitrogen and oxygen atoms in total. The minimum Gasteiger partial charge on any atom is -0.342 e. The van der Waals surface area contributed by atoms with Gasteiger partial charge in [-0.2, -0.15) is 0 Å². The van der Waals surface area contributed by atoms with Gasteiger partial charge in [-0.15, -0.1) is 0 Å². The summed E-state index contributed by atoms with van der Waals surface area (Å²) in [6.07, 6.45) is 4.39. The first-order valence-corrected chi connectivity index (χ1v) is 8.77. The second-order valence-corrected chi connectivity index (χ2v) is 6.98. The van der Waals surface area contributed by atoms with Crippen molar-refractivity contribution in [3.63, 3.8) is 0 Å². The van der Waals surface area contributed by atoms with E-state index in [1.807, 2.05) is 0 Å². The molecule has 2 fully saturated rings. The lowest BCUT2D eigenvalue weighted by atomic mass is 9.93. The SMILES string of the molecule is CCc1ccc(CN[C@H]2CCN(C(=O)C3CC3)C[C@H]2C)cc1. The van der Waals surface area contributed by atoms with Crippen molar-refractivity contribution in [3.8, 4) is 0 Å². The lowest BCUT2D eigenvalue weighted by Gasteiger charge is -2.37. The van der Waals surface area contributed by atoms with Gasteiger partial charge in [-0.25, -0.2) is 0 Å². The molecule has 0 radical (unpaired) electrons. The predicted molar refractivity (Wildman–Crippen MR) is 89.5 cm³/mol. The molecule has 1 saturated heterocycles. The van der Waals surface area contributed by atoms with Gasteiger partial charge in [0, 0.05) is 31.6 Å². The molecule has 1 aromatic carbocycles. The van der Waals surface area contributed by atoms with Crippen LogP contribution in [-0.4, -0.2) is 29.9 Å². The van der Waals surface area contributed by atoms with Crippen LogP contribution in [0.5, 0.6) is 0 Å². The van der Waals surface area contributed by atoms with E-state index in [0.29, 0.717) is 23.8 Å². The maximum atomic E-state index is 12.2. The van der Waals surface area contributed by atoms with E-state index in [4.69, 9.17) is 0 Å². The molecule has 1 aliphatic carbocycles. The smallest absolute Gasteiger partial charge is 0.225 e. The Labute approximate surface area is 134 Å². The van der Waals surface area contributed by atoms with Crippen molar-refractivity contribution in [2.75, 3.05) is 13.1 Å². The van der Waals surface area contributed by atoms with E-state index >= 15 is 0 Å². The molecule has 0 unspecified atom stereocenters. The Kier molecular flexibility index (Phi) is 4.82. The fourth-order valence-electron chi connectivity index (χ4n) is 3.38. The number of nitrogens with one attached hydrogen (secondary N) is 1. The number of carbonyl (C=O) groups is 1. The monoisotopic (exact) mass is 300 g/mol. The Bertz CT molecular complexity index is 507. The first-order valence-electron chi connectivity index (χ1n) is 8.77. The van der Waals surface area contributed by atoms with E-state index in [-0.39, 0.29) is 0 Å². The highest BCUT2D eigenvalue weighted by Crippen LogP contribution is 2.32. The van der Waals surface area contributed by atoms with Gasteiger partial charge >= 0.3 is 0 Å². The Morgan fingerprint density at radius 1 is 1.18 bits per heavy atom. The molecule has 1 saturated carbocycles. The predicted octanol–water partition coefficient (Wildman–Crippen LogP) is 2.99. The number of hydrogen-bond acceptors (Lipinski definition) is 2. The van der Waals surface area contributed by atoms with Crippen LogP contribution in [0, 0.1) is 11.8 Å². The average molecular weight is 300 g/mol. The van der Waals surface area contributed by atoms with Crippen LogP contribution in [0.1, 0.15) is 44.2 Å². The normalized spacial score (nSPS) is 25.3. The van der Waals surface area contributed by atoms with Gasteiger partial charge in [0.15, 0.2) is 0 Å². The summed E-state index contributed by atoms with van der Waals surface area (Å²) in [5.41, 5.74) is 2.74. The zero-order chi connectivity index (χ0) is 15.5. The van der Waals surface area contributed by atoms with Crippen molar-refractivity contribution >= 4 is 5.91 Å². The first-order chi connectivity index (χ1) is 10.7. The summed E-state index contributed by atoms with van der Waals surface area (Å²) >= 11 is 0. The second kappa shape index (κ2) is 6.82. The molecule has 0 aromatic heterocycles. The van der Waals surface area contributed by atoms with Crippen LogP contribution >= 0.6 is 0 Å². The highest BCUT2D eigenvalue weighted by Gasteiger charge is 2.36. The number of rotatable bonds is 5. The van der Waals surface area contributed by atoms with Gasteiger partial charge in [0.25, 0.3) is 0 Å². The third kappa shape index (κ3) is 3.70. The Balaban J connectivity index is 1.47. The molecule has 1 N–H and O–H groups in total. The molecule has 22 heavy (non-hydrogen) atoms. The molecule has 3 rings (SSSR count). The van der Waals surface area contributed by atoms with Crippen LogP contribution in [-0.2, 0) is 17.8 Å². The first kappa shape index (κ1) is 15.5. The summed E-state index contributed by atoms with van der Waals surface area (Å²) in [5.74, 6) is 1.29. The maximum absolute atomic E-state index is 12.2. The molecular formula is C19H28N2O. The van der Waals surface area contributed by atoms with E-state index in [1.54, 1.807) is 0 Å². The van der Waals surface area contributed by atoms with Gasteiger partial charge in [-0.3, -0.25) is 4.79 Å². The van der Waals surface area contributed by atoms with Crippen molar-refractivity contribution in [1.29, 1.82) is 0 Å². The summed E-state index contributed by atoms with van der Waals surface area (Å²) in [4.78, 5) is 14.3. The number of likely N-dealkylation sites (tertiary alicyclic amines) is 1. The van der Waals surface area contributed by atoms with Gasteiger partial charge in [0.2, 0.25) is 5.91 Å². The largest absolute Gasteiger partial charge is 0.342 e. The summed E-state index contributed by atoms with van der Waals surface area (Å²) in [7, 11) is 0. The van der Waals surface area contributed by atoms with Crippen LogP contribution in [0.15, 0.2) is 24.3 Å². The number of amides is 1. The zero-order valence-corrected chi connectivity index (χ0v) is 13.8. The van der Waals surface area contributed by atoms with Crippen molar-refractivity contribution in [2.45, 2.75) is 52.1 Å². The van der Waals surface area contributed by atoms with E-state index in [2.05, 4.69) is 48.3 Å². The van der Waals surface area contributed by atoms with E-state index in [1.165, 1.54) is 11.1 Å². The summed E-state index contributed by atoms with van der Waals surface area (Å²) in [6, 6.07) is 9.41. The minimum atomic E-state index is 0.355. The lowest BCUT2D eigenvalue weighted by Crippen LogP contribution is -2.50. The number of nitrogens with zero attached hydrogens (tertiary/aromatic N) is 1. The molecule has 3 heteroatoms. The van der Waals surface area contributed by atoms with Gasteiger partial charge in [-0.05, 0) is 42.7 Å². The maximum Gasteiger partial charge on any atom is 0.225 e. The summed E-state index contributed by atoms with van der Waals surface area (Å²) in [6.45, 7) is 7.22. The molecule has 1 aliphatic heterocycles. The topological polar surface area (TPSA) is 32.3 Å². The van der Waals surface area contributed by atoms with Crippen LogP contribution in [0.3, 0.4) is 0 Å². The van der Waals surface area contributed by atoms with Gasteiger partial charge in [0.1, 0.15) is 0 Å². The zero-order valence-electron chi connectivity index (χ0n) is 13.8. The van der Waals surface area contributed by atoms with E-state index in [0.717, 1.165) is 45.3 Å². The minimum absolute atomic E-state index is 0.355. The van der Waals surface area contributed by atoms with Crippen molar-refractivity contribution < 1.29 is 4.79 Å². The van der Waals surface area contributed by atoms with Crippen LogP contribution in [0.2, 0.25) is 0 Å². The van der Waals surface area contributed by atoms with Crippen LogP contribution < -0.4 is 5.32 Å². The Hall–Kier alpha value is -1.35. The molecule has 1 aromatic rings. The number of benzene rings is 1. The molecule has 1 heterocycles. The Morgan fingerprint density at radius 3 is 2.45 bits per heavy atom. The Morgan fingerprint density at radius 2 is 1.86 bits per heavy atom.